The minimum absolute atomic E-state index is 0.612. The molecule has 1 aromatic rings. The molecule has 18 heavy (non-hydrogen) atoms. The maximum Gasteiger partial charge on any atom is 0.0408 e. The van der Waals surface area contributed by atoms with E-state index < -0.39 is 0 Å². The Balaban J connectivity index is 1.49. The molecule has 0 aliphatic heterocycles. The monoisotopic (exact) mass is 261 g/mol. The van der Waals surface area contributed by atoms with Crippen LogP contribution in [-0.4, -0.2) is 12.6 Å². The van der Waals surface area contributed by atoms with Gasteiger partial charge >= 0.3 is 0 Å². The Morgan fingerprint density at radius 3 is 2.94 bits per heavy atom. The number of allylic oxidation sites excluding steroid dienone is 1. The van der Waals surface area contributed by atoms with E-state index in [2.05, 4.69) is 23.5 Å². The summed E-state index contributed by atoms with van der Waals surface area (Å²) in [5.74, 6) is 0. The minimum atomic E-state index is 0.612. The van der Waals surface area contributed by atoms with Gasteiger partial charge in [-0.15, -0.1) is 0 Å². The van der Waals surface area contributed by atoms with Gasteiger partial charge in [-0.05, 0) is 68.3 Å². The summed E-state index contributed by atoms with van der Waals surface area (Å²) in [7, 11) is 0. The topological polar surface area (TPSA) is 12.0 Å². The summed E-state index contributed by atoms with van der Waals surface area (Å²) >= 11 is 6.03. The van der Waals surface area contributed by atoms with Crippen LogP contribution in [0.2, 0.25) is 5.02 Å². The Morgan fingerprint density at radius 1 is 1.22 bits per heavy atom. The van der Waals surface area contributed by atoms with Crippen molar-refractivity contribution in [3.05, 3.63) is 46.0 Å². The van der Waals surface area contributed by atoms with Crippen molar-refractivity contribution in [2.75, 3.05) is 6.54 Å². The summed E-state index contributed by atoms with van der Waals surface area (Å²) in [6.07, 6.45) is 9.92. The Bertz CT molecular complexity index is 464. The van der Waals surface area contributed by atoms with Gasteiger partial charge < -0.3 is 5.32 Å². The summed E-state index contributed by atoms with van der Waals surface area (Å²) < 4.78 is 0. The van der Waals surface area contributed by atoms with Crippen LogP contribution >= 0.6 is 11.6 Å². The van der Waals surface area contributed by atoms with Crippen molar-refractivity contribution >= 4 is 11.6 Å². The molecule has 1 aromatic carbocycles. The smallest absolute Gasteiger partial charge is 0.0408 e. The molecule has 1 atom stereocenters. The molecule has 2 aliphatic carbocycles. The number of rotatable bonds is 4. The number of hydrogen-bond donors (Lipinski definition) is 1. The van der Waals surface area contributed by atoms with Crippen molar-refractivity contribution in [3.63, 3.8) is 0 Å². The maximum absolute atomic E-state index is 6.03. The fourth-order valence-corrected chi connectivity index (χ4v) is 3.33. The second-order valence-electron chi connectivity index (χ2n) is 5.48. The lowest BCUT2D eigenvalue weighted by Crippen LogP contribution is -2.30. The number of fused-ring (bicyclic) bond motifs is 1. The van der Waals surface area contributed by atoms with E-state index >= 15 is 0 Å². The van der Waals surface area contributed by atoms with Crippen LogP contribution in [0, 0.1) is 0 Å². The van der Waals surface area contributed by atoms with Crippen molar-refractivity contribution in [3.8, 4) is 0 Å². The molecule has 2 aliphatic rings. The Morgan fingerprint density at radius 2 is 2.11 bits per heavy atom. The molecule has 0 fully saturated rings. The molecule has 0 spiro atoms. The van der Waals surface area contributed by atoms with Crippen LogP contribution in [-0.2, 0) is 12.8 Å². The molecule has 0 amide bonds. The standard InChI is InChI=1S/C16H20ClN/c17-15-6-5-13-10-16(11-14(13)9-15)18-8-7-12-3-1-2-4-12/h3,5-6,9,16,18H,1-2,4,7-8,10-11H2. The first kappa shape index (κ1) is 12.3. The van der Waals surface area contributed by atoms with E-state index in [1.165, 1.54) is 36.8 Å². The highest BCUT2D eigenvalue weighted by Gasteiger charge is 2.20. The summed E-state index contributed by atoms with van der Waals surface area (Å²) in [6.45, 7) is 1.12. The third-order valence-corrected chi connectivity index (χ3v) is 4.35. The lowest BCUT2D eigenvalue weighted by Gasteiger charge is -2.12. The molecule has 96 valence electrons. The molecule has 1 N–H and O–H groups in total. The fourth-order valence-electron chi connectivity index (χ4n) is 3.13. The lowest BCUT2D eigenvalue weighted by molar-refractivity contribution is 0.534. The molecular weight excluding hydrogens is 242 g/mol. The van der Waals surface area contributed by atoms with Crippen molar-refractivity contribution in [1.82, 2.24) is 5.32 Å². The van der Waals surface area contributed by atoms with Crippen LogP contribution in [0.4, 0.5) is 0 Å². The first-order valence-electron chi connectivity index (χ1n) is 7.00. The van der Waals surface area contributed by atoms with E-state index in [1.54, 1.807) is 5.57 Å². The number of hydrogen-bond acceptors (Lipinski definition) is 1. The van der Waals surface area contributed by atoms with Crippen molar-refractivity contribution in [2.45, 2.75) is 44.6 Å². The molecule has 0 radical (unpaired) electrons. The van der Waals surface area contributed by atoms with Crippen molar-refractivity contribution in [2.24, 2.45) is 0 Å². The molecule has 3 rings (SSSR count). The fraction of sp³-hybridized carbons (Fsp3) is 0.500. The molecule has 0 aromatic heterocycles. The van der Waals surface area contributed by atoms with Gasteiger partial charge in [0.15, 0.2) is 0 Å². The second-order valence-corrected chi connectivity index (χ2v) is 5.91. The average molecular weight is 262 g/mol. The van der Waals surface area contributed by atoms with Crippen LogP contribution in [0.3, 0.4) is 0 Å². The molecule has 0 heterocycles. The number of benzene rings is 1. The molecular formula is C16H20ClN. The second kappa shape index (κ2) is 5.46. The van der Waals surface area contributed by atoms with Crippen LogP contribution in [0.5, 0.6) is 0 Å². The van der Waals surface area contributed by atoms with Gasteiger partial charge in [-0.3, -0.25) is 0 Å². The quantitative estimate of drug-likeness (QED) is 0.811. The highest BCUT2D eigenvalue weighted by atomic mass is 35.5. The van der Waals surface area contributed by atoms with Gasteiger partial charge in [0.2, 0.25) is 0 Å². The normalized spacial score (nSPS) is 22.1. The largest absolute Gasteiger partial charge is 0.313 e. The molecule has 2 heteroatoms. The van der Waals surface area contributed by atoms with Gasteiger partial charge in [-0.2, -0.15) is 0 Å². The van der Waals surface area contributed by atoms with Crippen LogP contribution in [0.15, 0.2) is 29.8 Å². The predicted molar refractivity (Wildman–Crippen MR) is 77.2 cm³/mol. The summed E-state index contributed by atoms with van der Waals surface area (Å²) in [5, 5.41) is 4.56. The van der Waals surface area contributed by atoms with E-state index in [0.29, 0.717) is 6.04 Å². The number of nitrogens with one attached hydrogen (secondary N) is 1. The van der Waals surface area contributed by atoms with E-state index in [9.17, 15) is 0 Å². The maximum atomic E-state index is 6.03. The highest BCUT2D eigenvalue weighted by molar-refractivity contribution is 6.30. The number of halogens is 1. The zero-order valence-electron chi connectivity index (χ0n) is 10.7. The van der Waals surface area contributed by atoms with Gasteiger partial charge in [0, 0.05) is 11.1 Å². The summed E-state index contributed by atoms with van der Waals surface area (Å²) in [5.41, 5.74) is 4.55. The van der Waals surface area contributed by atoms with E-state index in [1.807, 2.05) is 6.07 Å². The summed E-state index contributed by atoms with van der Waals surface area (Å²) in [4.78, 5) is 0. The molecule has 0 saturated heterocycles. The Kier molecular flexibility index (Phi) is 3.72. The van der Waals surface area contributed by atoms with Gasteiger partial charge in [0.25, 0.3) is 0 Å². The van der Waals surface area contributed by atoms with E-state index in [-0.39, 0.29) is 0 Å². The molecule has 1 unspecified atom stereocenters. The minimum Gasteiger partial charge on any atom is -0.313 e. The van der Waals surface area contributed by atoms with Gasteiger partial charge in [-0.25, -0.2) is 0 Å². The zero-order chi connectivity index (χ0) is 12.4. The molecule has 1 nitrogen and oxygen atoms in total. The van der Waals surface area contributed by atoms with Crippen LogP contribution < -0.4 is 5.32 Å². The van der Waals surface area contributed by atoms with E-state index in [0.717, 1.165) is 24.4 Å². The Labute approximate surface area is 114 Å². The van der Waals surface area contributed by atoms with Gasteiger partial charge in [-0.1, -0.05) is 29.3 Å². The SMILES string of the molecule is Clc1ccc2c(c1)CC(NCCC1=CCCC1)C2. The van der Waals surface area contributed by atoms with Crippen molar-refractivity contribution in [1.29, 1.82) is 0 Å². The zero-order valence-corrected chi connectivity index (χ0v) is 11.5. The Hall–Kier alpha value is -0.790. The third kappa shape index (κ3) is 2.78. The van der Waals surface area contributed by atoms with Crippen LogP contribution in [0.1, 0.15) is 36.8 Å². The average Bonchev–Trinajstić information content (AvgIpc) is 2.97. The lowest BCUT2D eigenvalue weighted by atomic mass is 10.1. The van der Waals surface area contributed by atoms with Gasteiger partial charge in [0.1, 0.15) is 0 Å². The molecule has 0 bridgehead atoms. The molecule has 0 saturated carbocycles. The third-order valence-electron chi connectivity index (χ3n) is 4.12. The first-order valence-corrected chi connectivity index (χ1v) is 7.37. The van der Waals surface area contributed by atoms with Crippen LogP contribution in [0.25, 0.3) is 0 Å². The van der Waals surface area contributed by atoms with Gasteiger partial charge in [0.05, 0.1) is 0 Å². The summed E-state index contributed by atoms with van der Waals surface area (Å²) in [6, 6.07) is 6.92. The highest BCUT2D eigenvalue weighted by Crippen LogP contribution is 2.25. The van der Waals surface area contributed by atoms with E-state index in [4.69, 9.17) is 11.6 Å². The van der Waals surface area contributed by atoms with Crippen molar-refractivity contribution < 1.29 is 0 Å². The first-order chi connectivity index (χ1) is 8.81. The predicted octanol–water partition coefficient (Wildman–Crippen LogP) is 3.90.